The summed E-state index contributed by atoms with van der Waals surface area (Å²) in [7, 11) is 0. The predicted octanol–water partition coefficient (Wildman–Crippen LogP) is 3.04. The first-order chi connectivity index (χ1) is 14.2. The first kappa shape index (κ1) is 21.2. The van der Waals surface area contributed by atoms with Gasteiger partial charge in [-0.15, -0.1) is 0 Å². The van der Waals surface area contributed by atoms with Crippen LogP contribution in [-0.4, -0.2) is 36.7 Å². The molecule has 1 N–H and O–H groups in total. The number of aryl methyl sites for hydroxylation is 2. The van der Waals surface area contributed by atoms with Gasteiger partial charge in [-0.1, -0.05) is 29.8 Å². The highest BCUT2D eigenvalue weighted by molar-refractivity contribution is 6.01. The molecule has 7 nitrogen and oxygen atoms in total. The van der Waals surface area contributed by atoms with Gasteiger partial charge in [-0.25, -0.2) is 0 Å². The van der Waals surface area contributed by atoms with Gasteiger partial charge in [0.15, 0.2) is 12.4 Å². The lowest BCUT2D eigenvalue weighted by Crippen LogP contribution is -2.28. The summed E-state index contributed by atoms with van der Waals surface area (Å²) in [6, 6.07) is 12.3. The van der Waals surface area contributed by atoms with Crippen molar-refractivity contribution < 1.29 is 23.9 Å². The van der Waals surface area contributed by atoms with Crippen molar-refractivity contribution in [1.82, 2.24) is 0 Å². The molecule has 1 fully saturated rings. The van der Waals surface area contributed by atoms with Gasteiger partial charge in [-0.05, 0) is 44.5 Å². The zero-order chi connectivity index (χ0) is 21.8. The molecule has 0 aliphatic carbocycles. The predicted molar refractivity (Wildman–Crippen MR) is 112 cm³/mol. The van der Waals surface area contributed by atoms with Crippen LogP contribution in [0.4, 0.5) is 11.4 Å². The zero-order valence-corrected chi connectivity index (χ0v) is 17.2. The summed E-state index contributed by atoms with van der Waals surface area (Å²) < 4.78 is 5.12. The topological polar surface area (TPSA) is 92.8 Å². The van der Waals surface area contributed by atoms with Gasteiger partial charge in [0.1, 0.15) is 0 Å². The van der Waals surface area contributed by atoms with Crippen molar-refractivity contribution in [3.05, 3.63) is 59.2 Å². The van der Waals surface area contributed by atoms with Gasteiger partial charge >= 0.3 is 5.97 Å². The molecular formula is C23H24N2O5. The number of anilines is 2. The number of nitrogens with zero attached hydrogens (tertiary/aromatic N) is 1. The minimum Gasteiger partial charge on any atom is -0.455 e. The average Bonchev–Trinajstić information content (AvgIpc) is 3.08. The quantitative estimate of drug-likeness (QED) is 0.586. The molecule has 0 saturated carbocycles. The summed E-state index contributed by atoms with van der Waals surface area (Å²) in [4.78, 5) is 49.9. The maximum atomic E-state index is 12.4. The van der Waals surface area contributed by atoms with Crippen LogP contribution in [0.3, 0.4) is 0 Å². The van der Waals surface area contributed by atoms with E-state index in [0.29, 0.717) is 11.3 Å². The van der Waals surface area contributed by atoms with Crippen LogP contribution in [0.15, 0.2) is 42.5 Å². The maximum absolute atomic E-state index is 12.4. The highest BCUT2D eigenvalue weighted by Crippen LogP contribution is 2.29. The van der Waals surface area contributed by atoms with Gasteiger partial charge in [0.25, 0.3) is 5.91 Å². The van der Waals surface area contributed by atoms with Crippen LogP contribution in [0.2, 0.25) is 0 Å². The number of amides is 2. The normalized spacial score (nSPS) is 15.8. The fourth-order valence-electron chi connectivity index (χ4n) is 3.47. The molecule has 3 rings (SSSR count). The van der Waals surface area contributed by atoms with Gasteiger partial charge < -0.3 is 15.0 Å². The van der Waals surface area contributed by atoms with Crippen LogP contribution >= 0.6 is 0 Å². The molecule has 2 aromatic carbocycles. The number of hydrogen-bond donors (Lipinski definition) is 1. The highest BCUT2D eigenvalue weighted by atomic mass is 16.5. The Labute approximate surface area is 175 Å². The summed E-state index contributed by atoms with van der Waals surface area (Å²) in [5.41, 5.74) is 3.76. The lowest BCUT2D eigenvalue weighted by atomic mass is 10.1. The summed E-state index contributed by atoms with van der Waals surface area (Å²) in [6.45, 7) is 5.10. The summed E-state index contributed by atoms with van der Waals surface area (Å²) in [6.07, 6.45) is 0.0500. The van der Waals surface area contributed by atoms with Crippen LogP contribution in [0, 0.1) is 19.8 Å². The Balaban J connectivity index is 1.55. The molecule has 7 heteroatoms. The highest BCUT2D eigenvalue weighted by Gasteiger charge is 2.36. The molecule has 1 heterocycles. The lowest BCUT2D eigenvalue weighted by molar-refractivity contribution is -0.151. The fraction of sp³-hybridized carbons (Fsp3) is 0.304. The van der Waals surface area contributed by atoms with E-state index in [1.54, 1.807) is 29.2 Å². The van der Waals surface area contributed by atoms with E-state index in [4.69, 9.17) is 4.74 Å². The Hall–Kier alpha value is -3.48. The Kier molecular flexibility index (Phi) is 6.30. The molecule has 30 heavy (non-hydrogen) atoms. The zero-order valence-electron chi connectivity index (χ0n) is 17.2. The molecule has 2 amide bonds. The summed E-state index contributed by atoms with van der Waals surface area (Å²) in [5, 5.41) is 2.59. The average molecular weight is 408 g/mol. The van der Waals surface area contributed by atoms with Crippen molar-refractivity contribution in [3.8, 4) is 0 Å². The molecular weight excluding hydrogens is 384 g/mol. The molecule has 1 atom stereocenters. The Bertz CT molecular complexity index is 1010. The summed E-state index contributed by atoms with van der Waals surface area (Å²) in [5.74, 6) is -1.97. The number of carbonyl (C=O) groups is 4. The standard InChI is InChI=1S/C23H24N2O5/c1-14-7-8-20(15(2)9-14)25-12-18(11-22(25)28)23(29)30-13-21(27)24-19-6-4-5-17(10-19)16(3)26/h4-10,18H,11-13H2,1-3H3,(H,24,27)/t18-/m1/s1. The van der Waals surface area contributed by atoms with E-state index in [1.165, 1.54) is 6.92 Å². The van der Waals surface area contributed by atoms with Crippen molar-refractivity contribution >= 4 is 34.9 Å². The number of Topliss-reactive ketones (excluding diaryl/α,β-unsaturated/α-hetero) is 1. The van der Waals surface area contributed by atoms with Gasteiger partial charge in [0.2, 0.25) is 5.91 Å². The van der Waals surface area contributed by atoms with Crippen molar-refractivity contribution in [2.75, 3.05) is 23.4 Å². The minimum absolute atomic E-state index is 0.0500. The van der Waals surface area contributed by atoms with Gasteiger partial charge in [0, 0.05) is 29.9 Å². The minimum atomic E-state index is -0.618. The van der Waals surface area contributed by atoms with Gasteiger partial charge in [-0.2, -0.15) is 0 Å². The number of ketones is 1. The van der Waals surface area contributed by atoms with Crippen molar-refractivity contribution in [2.24, 2.45) is 5.92 Å². The number of carbonyl (C=O) groups excluding carboxylic acids is 4. The third kappa shape index (κ3) is 4.92. The molecule has 0 aromatic heterocycles. The van der Waals surface area contributed by atoms with Crippen LogP contribution < -0.4 is 10.2 Å². The number of ether oxygens (including phenoxy) is 1. The molecule has 0 radical (unpaired) electrons. The van der Waals surface area contributed by atoms with Crippen molar-refractivity contribution in [2.45, 2.75) is 27.2 Å². The number of rotatable bonds is 6. The molecule has 1 saturated heterocycles. The molecule has 0 spiro atoms. The second-order valence-corrected chi connectivity index (χ2v) is 7.49. The molecule has 0 bridgehead atoms. The van der Waals surface area contributed by atoms with Crippen molar-refractivity contribution in [3.63, 3.8) is 0 Å². The van der Waals surface area contributed by atoms with E-state index in [2.05, 4.69) is 5.32 Å². The van der Waals surface area contributed by atoms with E-state index < -0.39 is 24.4 Å². The maximum Gasteiger partial charge on any atom is 0.311 e. The number of hydrogen-bond acceptors (Lipinski definition) is 5. The SMILES string of the molecule is CC(=O)c1cccc(NC(=O)COC(=O)[C@@H]2CC(=O)N(c3ccc(C)cc3C)C2)c1. The monoisotopic (exact) mass is 408 g/mol. The van der Waals surface area contributed by atoms with Crippen LogP contribution in [-0.2, 0) is 19.1 Å². The molecule has 1 aliphatic heterocycles. The fourth-order valence-corrected chi connectivity index (χ4v) is 3.47. The number of benzene rings is 2. The second kappa shape index (κ2) is 8.90. The first-order valence-electron chi connectivity index (χ1n) is 9.69. The smallest absolute Gasteiger partial charge is 0.311 e. The molecule has 0 unspecified atom stereocenters. The number of nitrogens with one attached hydrogen (secondary N) is 1. The lowest BCUT2D eigenvalue weighted by Gasteiger charge is -2.19. The largest absolute Gasteiger partial charge is 0.455 e. The first-order valence-corrected chi connectivity index (χ1v) is 9.69. The molecule has 156 valence electrons. The van der Waals surface area contributed by atoms with E-state index in [9.17, 15) is 19.2 Å². The Morgan fingerprint density at radius 1 is 1.13 bits per heavy atom. The summed E-state index contributed by atoms with van der Waals surface area (Å²) >= 11 is 0. The van der Waals surface area contributed by atoms with Crippen LogP contribution in [0.25, 0.3) is 0 Å². The van der Waals surface area contributed by atoms with E-state index in [1.807, 2.05) is 32.0 Å². The van der Waals surface area contributed by atoms with Crippen LogP contribution in [0.5, 0.6) is 0 Å². The van der Waals surface area contributed by atoms with E-state index >= 15 is 0 Å². The molecule has 2 aromatic rings. The Morgan fingerprint density at radius 2 is 1.90 bits per heavy atom. The van der Waals surface area contributed by atoms with Crippen LogP contribution in [0.1, 0.15) is 34.8 Å². The molecule has 1 aliphatic rings. The van der Waals surface area contributed by atoms with E-state index in [0.717, 1.165) is 16.8 Å². The van der Waals surface area contributed by atoms with Gasteiger partial charge in [-0.3, -0.25) is 19.2 Å². The van der Waals surface area contributed by atoms with E-state index in [-0.39, 0.29) is 24.7 Å². The van der Waals surface area contributed by atoms with Gasteiger partial charge in [0.05, 0.1) is 5.92 Å². The third-order valence-corrected chi connectivity index (χ3v) is 5.00. The second-order valence-electron chi connectivity index (χ2n) is 7.49. The number of esters is 1. The van der Waals surface area contributed by atoms with Crippen molar-refractivity contribution in [1.29, 1.82) is 0 Å². The third-order valence-electron chi connectivity index (χ3n) is 5.00. The Morgan fingerprint density at radius 3 is 2.60 bits per heavy atom.